The number of rotatable bonds is 9. The summed E-state index contributed by atoms with van der Waals surface area (Å²) in [5.74, 6) is 2.34. The third-order valence-electron chi connectivity index (χ3n) is 4.19. The lowest BCUT2D eigenvalue weighted by Gasteiger charge is -2.15. The van der Waals surface area contributed by atoms with Crippen LogP contribution in [0.15, 0.2) is 42.5 Å². The van der Waals surface area contributed by atoms with E-state index in [1.807, 2.05) is 63.4 Å². The Labute approximate surface area is 160 Å². The number of nitrogens with zero attached hydrogens (tertiary/aromatic N) is 2. The van der Waals surface area contributed by atoms with Gasteiger partial charge in [0.2, 0.25) is 0 Å². The molecule has 0 bridgehead atoms. The summed E-state index contributed by atoms with van der Waals surface area (Å²) in [6, 6.07) is 13.7. The highest BCUT2D eigenvalue weighted by atomic mass is 16.5. The molecule has 1 heterocycles. The zero-order valence-corrected chi connectivity index (χ0v) is 16.5. The molecule has 0 aliphatic rings. The lowest BCUT2D eigenvalue weighted by atomic mass is 10.2. The minimum Gasteiger partial charge on any atom is -0.491 e. The van der Waals surface area contributed by atoms with Crippen molar-refractivity contribution in [3.8, 4) is 17.2 Å². The topological polar surface area (TPSA) is 62.4 Å². The van der Waals surface area contributed by atoms with Crippen molar-refractivity contribution in [2.45, 2.75) is 26.5 Å². The number of benzene rings is 2. The second-order valence-electron chi connectivity index (χ2n) is 6.96. The van der Waals surface area contributed by atoms with Crippen LogP contribution in [0.1, 0.15) is 19.5 Å². The quantitative estimate of drug-likeness (QED) is 0.602. The third-order valence-corrected chi connectivity index (χ3v) is 4.19. The summed E-state index contributed by atoms with van der Waals surface area (Å²) in [6.45, 7) is 6.71. The molecular formula is C21H28N4O2. The number of ether oxygens (including phenoxy) is 2. The SMILES string of the molecule is CNCCN(C)Cc1n[nH]c2ccc(Oc3cccc(OC(C)C)c3)cc12. The maximum absolute atomic E-state index is 6.06. The predicted molar refractivity (Wildman–Crippen MR) is 109 cm³/mol. The summed E-state index contributed by atoms with van der Waals surface area (Å²) in [6.07, 6.45) is 0.130. The molecule has 0 unspecified atom stereocenters. The Morgan fingerprint density at radius 2 is 1.89 bits per heavy atom. The summed E-state index contributed by atoms with van der Waals surface area (Å²) in [4.78, 5) is 2.24. The van der Waals surface area contributed by atoms with Crippen LogP contribution >= 0.6 is 0 Å². The van der Waals surface area contributed by atoms with Crippen LogP contribution < -0.4 is 14.8 Å². The van der Waals surface area contributed by atoms with Gasteiger partial charge in [-0.1, -0.05) is 6.07 Å². The second-order valence-corrected chi connectivity index (χ2v) is 6.96. The van der Waals surface area contributed by atoms with Crippen molar-refractivity contribution in [2.24, 2.45) is 0 Å². The van der Waals surface area contributed by atoms with Crippen molar-refractivity contribution in [3.05, 3.63) is 48.2 Å². The first-order valence-corrected chi connectivity index (χ1v) is 9.30. The van der Waals surface area contributed by atoms with E-state index < -0.39 is 0 Å². The molecule has 3 aromatic rings. The Morgan fingerprint density at radius 1 is 1.11 bits per heavy atom. The zero-order chi connectivity index (χ0) is 19.2. The average molecular weight is 368 g/mol. The van der Waals surface area contributed by atoms with Gasteiger partial charge in [-0.2, -0.15) is 5.10 Å². The van der Waals surface area contributed by atoms with Crippen LogP contribution in [0, 0.1) is 0 Å². The minimum absolute atomic E-state index is 0.130. The molecule has 0 fully saturated rings. The maximum Gasteiger partial charge on any atom is 0.131 e. The van der Waals surface area contributed by atoms with Gasteiger partial charge in [-0.25, -0.2) is 0 Å². The third kappa shape index (κ3) is 5.21. The van der Waals surface area contributed by atoms with Gasteiger partial charge in [-0.05, 0) is 58.3 Å². The van der Waals surface area contributed by atoms with Crippen LogP contribution in [0.4, 0.5) is 0 Å². The summed E-state index contributed by atoms with van der Waals surface area (Å²) in [7, 11) is 4.06. The van der Waals surface area contributed by atoms with Gasteiger partial charge in [0.15, 0.2) is 0 Å². The van der Waals surface area contributed by atoms with Gasteiger partial charge in [-0.3, -0.25) is 10.00 Å². The van der Waals surface area contributed by atoms with E-state index in [1.54, 1.807) is 0 Å². The Morgan fingerprint density at radius 3 is 2.67 bits per heavy atom. The molecule has 6 heteroatoms. The lowest BCUT2D eigenvalue weighted by molar-refractivity contribution is 0.241. The molecule has 0 amide bonds. The Balaban J connectivity index is 1.77. The van der Waals surface area contributed by atoms with Crippen LogP contribution in [0.25, 0.3) is 10.9 Å². The number of aromatic amines is 1. The standard InChI is InChI=1S/C21H28N4O2/c1-15(2)26-16-6-5-7-17(12-16)27-18-8-9-20-19(13-18)21(24-23-20)14-25(4)11-10-22-3/h5-9,12-13,15,22H,10-11,14H2,1-4H3,(H,23,24). The molecule has 0 aliphatic carbocycles. The molecule has 0 radical (unpaired) electrons. The molecule has 2 N–H and O–H groups in total. The Kier molecular flexibility index (Phi) is 6.32. The molecule has 3 rings (SSSR count). The second kappa shape index (κ2) is 8.88. The molecule has 144 valence electrons. The molecular weight excluding hydrogens is 340 g/mol. The molecule has 6 nitrogen and oxygen atoms in total. The molecule has 0 atom stereocenters. The maximum atomic E-state index is 6.06. The molecule has 0 saturated carbocycles. The highest BCUT2D eigenvalue weighted by molar-refractivity contribution is 5.82. The van der Waals surface area contributed by atoms with E-state index in [4.69, 9.17) is 9.47 Å². The van der Waals surface area contributed by atoms with Crippen molar-refractivity contribution in [2.75, 3.05) is 27.2 Å². The normalized spacial score (nSPS) is 11.5. The first-order valence-electron chi connectivity index (χ1n) is 9.30. The van der Waals surface area contributed by atoms with Gasteiger partial charge in [0, 0.05) is 31.1 Å². The van der Waals surface area contributed by atoms with Gasteiger partial charge in [0.05, 0.1) is 17.3 Å². The number of likely N-dealkylation sites (N-methyl/N-ethyl adjacent to an activating group) is 2. The average Bonchev–Trinajstić information content (AvgIpc) is 3.02. The van der Waals surface area contributed by atoms with Crippen molar-refractivity contribution in [3.63, 3.8) is 0 Å². The fourth-order valence-corrected chi connectivity index (χ4v) is 2.89. The van der Waals surface area contributed by atoms with Gasteiger partial charge < -0.3 is 14.8 Å². The van der Waals surface area contributed by atoms with Crippen LogP contribution in [0.5, 0.6) is 17.2 Å². The van der Waals surface area contributed by atoms with E-state index in [0.717, 1.165) is 53.5 Å². The highest BCUT2D eigenvalue weighted by Crippen LogP contribution is 2.29. The van der Waals surface area contributed by atoms with E-state index in [-0.39, 0.29) is 6.10 Å². The van der Waals surface area contributed by atoms with Gasteiger partial charge in [0.25, 0.3) is 0 Å². The van der Waals surface area contributed by atoms with Crippen LogP contribution in [0.3, 0.4) is 0 Å². The number of aromatic nitrogens is 2. The summed E-state index contributed by atoms with van der Waals surface area (Å²) >= 11 is 0. The molecule has 2 aromatic carbocycles. The summed E-state index contributed by atoms with van der Waals surface area (Å²) < 4.78 is 11.8. The highest BCUT2D eigenvalue weighted by Gasteiger charge is 2.10. The molecule has 1 aromatic heterocycles. The molecule has 27 heavy (non-hydrogen) atoms. The van der Waals surface area contributed by atoms with Crippen molar-refractivity contribution in [1.29, 1.82) is 0 Å². The molecule has 0 aliphatic heterocycles. The first kappa shape index (κ1) is 19.2. The fraction of sp³-hybridized carbons (Fsp3) is 0.381. The Bertz CT molecular complexity index is 875. The van der Waals surface area contributed by atoms with Crippen LogP contribution in [0.2, 0.25) is 0 Å². The van der Waals surface area contributed by atoms with Crippen molar-refractivity contribution < 1.29 is 9.47 Å². The summed E-state index contributed by atoms with van der Waals surface area (Å²) in [5.41, 5.74) is 2.03. The van der Waals surface area contributed by atoms with E-state index in [2.05, 4.69) is 27.5 Å². The van der Waals surface area contributed by atoms with Gasteiger partial charge in [-0.15, -0.1) is 0 Å². The van der Waals surface area contributed by atoms with E-state index in [0.29, 0.717) is 0 Å². The smallest absolute Gasteiger partial charge is 0.131 e. The largest absolute Gasteiger partial charge is 0.491 e. The minimum atomic E-state index is 0.130. The van der Waals surface area contributed by atoms with Crippen LogP contribution in [-0.2, 0) is 6.54 Å². The van der Waals surface area contributed by atoms with Gasteiger partial charge in [0.1, 0.15) is 17.2 Å². The van der Waals surface area contributed by atoms with E-state index in [9.17, 15) is 0 Å². The predicted octanol–water partition coefficient (Wildman–Crippen LogP) is 3.79. The number of H-pyrrole nitrogens is 1. The molecule has 0 saturated heterocycles. The fourth-order valence-electron chi connectivity index (χ4n) is 2.89. The summed E-state index contributed by atoms with van der Waals surface area (Å²) in [5, 5.41) is 11.8. The monoisotopic (exact) mass is 368 g/mol. The molecule has 0 spiro atoms. The van der Waals surface area contributed by atoms with E-state index >= 15 is 0 Å². The Hall–Kier alpha value is -2.57. The number of hydrogen-bond acceptors (Lipinski definition) is 5. The van der Waals surface area contributed by atoms with Crippen LogP contribution in [-0.4, -0.2) is 48.4 Å². The lowest BCUT2D eigenvalue weighted by Crippen LogP contribution is -2.27. The number of hydrogen-bond donors (Lipinski definition) is 2. The van der Waals surface area contributed by atoms with Gasteiger partial charge >= 0.3 is 0 Å². The van der Waals surface area contributed by atoms with Crippen molar-refractivity contribution in [1.82, 2.24) is 20.4 Å². The zero-order valence-electron chi connectivity index (χ0n) is 16.5. The van der Waals surface area contributed by atoms with Crippen molar-refractivity contribution >= 4 is 10.9 Å². The first-order chi connectivity index (χ1) is 13.0. The van der Waals surface area contributed by atoms with E-state index in [1.165, 1.54) is 0 Å². The number of fused-ring (bicyclic) bond motifs is 1. The number of nitrogens with one attached hydrogen (secondary N) is 2.